The molecule has 0 bridgehead atoms. The third kappa shape index (κ3) is 2.68. The number of nitrogens with zero attached hydrogens (tertiary/aromatic N) is 1. The number of rotatable bonds is 3. The number of benzene rings is 2. The molecule has 2 aromatic carbocycles. The summed E-state index contributed by atoms with van der Waals surface area (Å²) in [7, 11) is 0. The van der Waals surface area contributed by atoms with Gasteiger partial charge in [0.1, 0.15) is 5.52 Å². The van der Waals surface area contributed by atoms with Crippen LogP contribution in [-0.4, -0.2) is 4.98 Å². The number of fused-ring (bicyclic) bond motifs is 1. The van der Waals surface area contributed by atoms with Crippen molar-refractivity contribution in [1.82, 2.24) is 4.98 Å². The van der Waals surface area contributed by atoms with E-state index in [4.69, 9.17) is 22.1 Å². The smallest absolute Gasteiger partial charge is 0.166 e. The van der Waals surface area contributed by atoms with Gasteiger partial charge in [-0.25, -0.2) is 4.39 Å². The van der Waals surface area contributed by atoms with Gasteiger partial charge in [-0.3, -0.25) is 4.98 Å². The van der Waals surface area contributed by atoms with Crippen molar-refractivity contribution < 1.29 is 9.13 Å². The molecule has 0 aliphatic carbocycles. The van der Waals surface area contributed by atoms with Gasteiger partial charge in [-0.2, -0.15) is 0 Å². The maximum absolute atomic E-state index is 14.0. The first kappa shape index (κ1) is 13.8. The van der Waals surface area contributed by atoms with E-state index in [1.165, 1.54) is 6.07 Å². The molecule has 1 heterocycles. The van der Waals surface area contributed by atoms with Crippen LogP contribution in [0, 0.1) is 5.82 Å². The molecule has 1 aromatic heterocycles. The summed E-state index contributed by atoms with van der Waals surface area (Å²) in [4.78, 5) is 4.25. The SMILES string of the molecule is NCc1ccc(Oc2ccc(Cl)c3cccnc23)c(F)c1. The predicted octanol–water partition coefficient (Wildman–Crippen LogP) is 4.28. The second-order valence-corrected chi connectivity index (χ2v) is 4.92. The van der Waals surface area contributed by atoms with Crippen LogP contribution in [0.4, 0.5) is 4.39 Å². The Morgan fingerprint density at radius 1 is 1.14 bits per heavy atom. The lowest BCUT2D eigenvalue weighted by Crippen LogP contribution is -1.98. The van der Waals surface area contributed by atoms with Crippen molar-refractivity contribution in [3.8, 4) is 11.5 Å². The predicted molar refractivity (Wildman–Crippen MR) is 81.1 cm³/mol. The van der Waals surface area contributed by atoms with E-state index in [9.17, 15) is 4.39 Å². The van der Waals surface area contributed by atoms with Crippen LogP contribution in [0.15, 0.2) is 48.7 Å². The summed E-state index contributed by atoms with van der Waals surface area (Å²) in [5.41, 5.74) is 6.78. The lowest BCUT2D eigenvalue weighted by Gasteiger charge is -2.10. The minimum absolute atomic E-state index is 0.126. The number of ether oxygens (including phenoxy) is 1. The Hall–Kier alpha value is -2.17. The fraction of sp³-hybridized carbons (Fsp3) is 0.0625. The Labute approximate surface area is 126 Å². The third-order valence-corrected chi connectivity index (χ3v) is 3.46. The van der Waals surface area contributed by atoms with E-state index >= 15 is 0 Å². The highest BCUT2D eigenvalue weighted by Crippen LogP contribution is 2.33. The second-order valence-electron chi connectivity index (χ2n) is 4.52. The summed E-state index contributed by atoms with van der Waals surface area (Å²) in [6.07, 6.45) is 1.64. The molecule has 0 amide bonds. The van der Waals surface area contributed by atoms with Gasteiger partial charge in [-0.1, -0.05) is 17.7 Å². The van der Waals surface area contributed by atoms with E-state index in [1.807, 2.05) is 6.07 Å². The van der Waals surface area contributed by atoms with E-state index in [0.717, 1.165) is 5.39 Å². The molecular formula is C16H12ClFN2O. The summed E-state index contributed by atoms with van der Waals surface area (Å²) in [5.74, 6) is 0.118. The van der Waals surface area contributed by atoms with E-state index in [1.54, 1.807) is 36.5 Å². The molecule has 3 nitrogen and oxygen atoms in total. The van der Waals surface area contributed by atoms with Gasteiger partial charge in [-0.15, -0.1) is 0 Å². The van der Waals surface area contributed by atoms with Crippen LogP contribution in [-0.2, 0) is 6.54 Å². The summed E-state index contributed by atoms with van der Waals surface area (Å²) in [6.45, 7) is 0.280. The topological polar surface area (TPSA) is 48.1 Å². The highest BCUT2D eigenvalue weighted by molar-refractivity contribution is 6.35. The first-order chi connectivity index (χ1) is 10.2. The molecule has 3 rings (SSSR count). The van der Waals surface area contributed by atoms with Crippen LogP contribution in [0.25, 0.3) is 10.9 Å². The zero-order chi connectivity index (χ0) is 14.8. The normalized spacial score (nSPS) is 10.8. The van der Waals surface area contributed by atoms with Crippen molar-refractivity contribution in [1.29, 1.82) is 0 Å². The Morgan fingerprint density at radius 3 is 2.71 bits per heavy atom. The van der Waals surface area contributed by atoms with Gasteiger partial charge in [0.2, 0.25) is 0 Å². The van der Waals surface area contributed by atoms with Gasteiger partial charge in [0, 0.05) is 18.1 Å². The molecule has 0 aliphatic rings. The zero-order valence-corrected chi connectivity index (χ0v) is 11.8. The molecule has 0 aliphatic heterocycles. The van der Waals surface area contributed by atoms with E-state index < -0.39 is 5.82 Å². The lowest BCUT2D eigenvalue weighted by atomic mass is 10.2. The molecule has 0 unspecified atom stereocenters. The highest BCUT2D eigenvalue weighted by Gasteiger charge is 2.10. The number of hydrogen-bond donors (Lipinski definition) is 1. The van der Waals surface area contributed by atoms with Crippen LogP contribution >= 0.6 is 11.6 Å². The molecule has 3 aromatic rings. The maximum atomic E-state index is 14.0. The highest BCUT2D eigenvalue weighted by atomic mass is 35.5. The van der Waals surface area contributed by atoms with Gasteiger partial charge < -0.3 is 10.5 Å². The number of hydrogen-bond acceptors (Lipinski definition) is 3. The third-order valence-electron chi connectivity index (χ3n) is 3.13. The van der Waals surface area contributed by atoms with Crippen LogP contribution in [0.3, 0.4) is 0 Å². The zero-order valence-electron chi connectivity index (χ0n) is 11.0. The number of aromatic nitrogens is 1. The molecule has 0 spiro atoms. The monoisotopic (exact) mass is 302 g/mol. The lowest BCUT2D eigenvalue weighted by molar-refractivity contribution is 0.445. The number of halogens is 2. The van der Waals surface area contributed by atoms with E-state index in [0.29, 0.717) is 21.9 Å². The first-order valence-corrected chi connectivity index (χ1v) is 6.76. The fourth-order valence-electron chi connectivity index (χ4n) is 2.07. The molecule has 0 radical (unpaired) electrons. The molecule has 5 heteroatoms. The van der Waals surface area contributed by atoms with Crippen molar-refractivity contribution in [2.45, 2.75) is 6.54 Å². The van der Waals surface area contributed by atoms with Crippen molar-refractivity contribution >= 4 is 22.5 Å². The second kappa shape index (κ2) is 5.68. The van der Waals surface area contributed by atoms with Gasteiger partial charge in [0.25, 0.3) is 0 Å². The van der Waals surface area contributed by atoms with Gasteiger partial charge >= 0.3 is 0 Å². The van der Waals surface area contributed by atoms with Gasteiger partial charge in [0.15, 0.2) is 17.3 Å². The average Bonchev–Trinajstić information content (AvgIpc) is 2.52. The number of nitrogens with two attached hydrogens (primary N) is 1. The van der Waals surface area contributed by atoms with Crippen molar-refractivity contribution in [3.05, 3.63) is 65.1 Å². The largest absolute Gasteiger partial charge is 0.452 e. The molecule has 106 valence electrons. The van der Waals surface area contributed by atoms with Crippen molar-refractivity contribution in [2.24, 2.45) is 5.73 Å². The van der Waals surface area contributed by atoms with Crippen molar-refractivity contribution in [2.75, 3.05) is 0 Å². The van der Waals surface area contributed by atoms with Crippen LogP contribution < -0.4 is 10.5 Å². The molecule has 0 atom stereocenters. The van der Waals surface area contributed by atoms with Gasteiger partial charge in [-0.05, 0) is 42.0 Å². The standard InChI is InChI=1S/C16H12ClFN2O/c17-12-4-6-15(16-11(12)2-1-7-20-16)21-14-5-3-10(9-19)8-13(14)18/h1-8H,9,19H2. The quantitative estimate of drug-likeness (QED) is 0.785. The minimum Gasteiger partial charge on any atom is -0.452 e. The summed E-state index contributed by atoms with van der Waals surface area (Å²) >= 11 is 6.12. The Kier molecular flexibility index (Phi) is 3.73. The van der Waals surface area contributed by atoms with Crippen molar-refractivity contribution in [3.63, 3.8) is 0 Å². The molecule has 0 fully saturated rings. The molecule has 2 N–H and O–H groups in total. The summed E-state index contributed by atoms with van der Waals surface area (Å²) < 4.78 is 19.6. The average molecular weight is 303 g/mol. The maximum Gasteiger partial charge on any atom is 0.166 e. The van der Waals surface area contributed by atoms with Gasteiger partial charge in [0.05, 0.1) is 5.02 Å². The minimum atomic E-state index is -0.461. The molecular weight excluding hydrogens is 291 g/mol. The Morgan fingerprint density at radius 2 is 1.95 bits per heavy atom. The molecule has 0 saturated heterocycles. The Balaban J connectivity index is 2.04. The summed E-state index contributed by atoms with van der Waals surface area (Å²) in [5, 5.41) is 1.33. The van der Waals surface area contributed by atoms with Crippen LogP contribution in [0.2, 0.25) is 5.02 Å². The van der Waals surface area contributed by atoms with Crippen LogP contribution in [0.1, 0.15) is 5.56 Å². The fourth-order valence-corrected chi connectivity index (χ4v) is 2.28. The molecule has 0 saturated carbocycles. The van der Waals surface area contributed by atoms with E-state index in [-0.39, 0.29) is 12.3 Å². The van der Waals surface area contributed by atoms with Crippen LogP contribution in [0.5, 0.6) is 11.5 Å². The Bertz CT molecular complexity index is 807. The number of pyridine rings is 1. The van der Waals surface area contributed by atoms with E-state index in [2.05, 4.69) is 4.98 Å². The first-order valence-electron chi connectivity index (χ1n) is 6.38. The summed E-state index contributed by atoms with van der Waals surface area (Å²) in [6, 6.07) is 11.6. The molecule has 21 heavy (non-hydrogen) atoms.